The topological polar surface area (TPSA) is 64.9 Å². The average Bonchev–Trinajstić information content (AvgIpc) is 2.87. The van der Waals surface area contributed by atoms with Gasteiger partial charge >= 0.3 is 0 Å². The minimum Gasteiger partial charge on any atom is -0.338 e. The van der Waals surface area contributed by atoms with Gasteiger partial charge in [0.1, 0.15) is 0 Å². The van der Waals surface area contributed by atoms with Crippen molar-refractivity contribution < 1.29 is 4.52 Å². The first-order valence-corrected chi connectivity index (χ1v) is 6.83. The molecule has 2 N–H and O–H groups in total. The van der Waals surface area contributed by atoms with Crippen LogP contribution in [0.3, 0.4) is 0 Å². The second kappa shape index (κ2) is 5.63. The molecule has 4 nitrogen and oxygen atoms in total. The van der Waals surface area contributed by atoms with Gasteiger partial charge in [-0.1, -0.05) is 38.3 Å². The molecule has 0 bridgehead atoms. The Morgan fingerprint density at radius 1 is 1.41 bits per heavy atom. The van der Waals surface area contributed by atoms with Crippen molar-refractivity contribution in [2.24, 2.45) is 11.7 Å². The molecule has 17 heavy (non-hydrogen) atoms. The summed E-state index contributed by atoms with van der Waals surface area (Å²) in [5, 5.41) is 4.11. The molecule has 96 valence electrons. The normalized spacial score (nSPS) is 27.0. The highest BCUT2D eigenvalue weighted by Gasteiger charge is 2.26. The number of hydrogen-bond acceptors (Lipinski definition) is 4. The number of nitrogens with two attached hydrogens (primary N) is 1. The fourth-order valence-corrected chi connectivity index (χ4v) is 2.63. The van der Waals surface area contributed by atoms with Gasteiger partial charge in [-0.25, -0.2) is 0 Å². The van der Waals surface area contributed by atoms with Gasteiger partial charge in [0.15, 0.2) is 5.82 Å². The molecule has 2 rings (SSSR count). The van der Waals surface area contributed by atoms with Crippen LogP contribution < -0.4 is 5.73 Å². The van der Waals surface area contributed by atoms with Crippen LogP contribution in [0.2, 0.25) is 0 Å². The summed E-state index contributed by atoms with van der Waals surface area (Å²) in [7, 11) is 0. The summed E-state index contributed by atoms with van der Waals surface area (Å²) in [4.78, 5) is 4.47. The van der Waals surface area contributed by atoms with E-state index in [1.165, 1.54) is 32.1 Å². The van der Waals surface area contributed by atoms with Crippen molar-refractivity contribution in [2.75, 3.05) is 0 Å². The van der Waals surface area contributed by atoms with Crippen molar-refractivity contribution >= 4 is 0 Å². The number of hydrogen-bond donors (Lipinski definition) is 1. The maximum Gasteiger partial charge on any atom is 0.243 e. The molecule has 1 aliphatic carbocycles. The first kappa shape index (κ1) is 12.6. The van der Waals surface area contributed by atoms with E-state index in [0.717, 1.165) is 18.2 Å². The third-order valence-electron chi connectivity index (χ3n) is 3.94. The van der Waals surface area contributed by atoms with Gasteiger partial charge in [-0.3, -0.25) is 0 Å². The van der Waals surface area contributed by atoms with Crippen molar-refractivity contribution in [3.63, 3.8) is 0 Å². The lowest BCUT2D eigenvalue weighted by molar-refractivity contribution is 0.296. The second-order valence-electron chi connectivity index (χ2n) is 5.14. The van der Waals surface area contributed by atoms with E-state index in [0.29, 0.717) is 11.8 Å². The van der Waals surface area contributed by atoms with E-state index >= 15 is 0 Å². The monoisotopic (exact) mass is 237 g/mol. The van der Waals surface area contributed by atoms with Gasteiger partial charge in [0.25, 0.3) is 0 Å². The molecule has 1 heterocycles. The summed E-state index contributed by atoms with van der Waals surface area (Å²) >= 11 is 0. The number of nitrogens with zero attached hydrogens (tertiary/aromatic N) is 2. The molecule has 1 aromatic heterocycles. The van der Waals surface area contributed by atoms with Crippen molar-refractivity contribution in [3.05, 3.63) is 11.7 Å². The molecular weight excluding hydrogens is 214 g/mol. The van der Waals surface area contributed by atoms with Gasteiger partial charge in [0.05, 0.1) is 6.04 Å². The predicted molar refractivity (Wildman–Crippen MR) is 66.5 cm³/mol. The molecule has 4 heteroatoms. The molecule has 0 saturated heterocycles. The van der Waals surface area contributed by atoms with E-state index < -0.39 is 0 Å². The van der Waals surface area contributed by atoms with E-state index in [1.54, 1.807) is 0 Å². The van der Waals surface area contributed by atoms with Crippen LogP contribution in [0.5, 0.6) is 0 Å². The molecular formula is C13H23N3O. The fourth-order valence-electron chi connectivity index (χ4n) is 2.63. The highest BCUT2D eigenvalue weighted by atomic mass is 16.5. The molecule has 3 atom stereocenters. The summed E-state index contributed by atoms with van der Waals surface area (Å²) in [6.45, 7) is 4.30. The Morgan fingerprint density at radius 3 is 2.94 bits per heavy atom. The summed E-state index contributed by atoms with van der Waals surface area (Å²) in [6.07, 6.45) is 7.13. The first-order chi connectivity index (χ1) is 8.24. The van der Waals surface area contributed by atoms with Crippen molar-refractivity contribution in [2.45, 2.75) is 64.3 Å². The van der Waals surface area contributed by atoms with Crippen LogP contribution in [0.4, 0.5) is 0 Å². The third-order valence-corrected chi connectivity index (χ3v) is 3.94. The Kier molecular flexibility index (Phi) is 4.15. The molecule has 0 aliphatic heterocycles. The molecule has 1 fully saturated rings. The van der Waals surface area contributed by atoms with Crippen LogP contribution in [0.1, 0.15) is 76.0 Å². The molecule has 0 spiro atoms. The summed E-state index contributed by atoms with van der Waals surface area (Å²) in [6, 6.07) is -0.109. The zero-order chi connectivity index (χ0) is 12.3. The standard InChI is InChI=1S/C13H23N3O/c1-3-9-6-5-7-10(8-9)12-15-13(17-16-12)11(14)4-2/h9-11H,3-8,14H2,1-2H3/t9?,10?,11-/m1/s1. The zero-order valence-electron chi connectivity index (χ0n) is 10.9. The third kappa shape index (κ3) is 2.86. The average molecular weight is 237 g/mol. The van der Waals surface area contributed by atoms with E-state index in [-0.39, 0.29) is 6.04 Å². The van der Waals surface area contributed by atoms with Crippen LogP contribution in [-0.2, 0) is 0 Å². The molecule has 0 amide bonds. The van der Waals surface area contributed by atoms with Crippen LogP contribution >= 0.6 is 0 Å². The van der Waals surface area contributed by atoms with Gasteiger partial charge in [-0.2, -0.15) is 4.98 Å². The Bertz CT molecular complexity index is 350. The minimum atomic E-state index is -0.109. The Morgan fingerprint density at radius 2 is 2.24 bits per heavy atom. The summed E-state index contributed by atoms with van der Waals surface area (Å²) in [5.41, 5.74) is 5.89. The lowest BCUT2D eigenvalue weighted by Crippen LogP contribution is -2.15. The van der Waals surface area contributed by atoms with Crippen LogP contribution in [0, 0.1) is 5.92 Å². The van der Waals surface area contributed by atoms with Gasteiger partial charge < -0.3 is 10.3 Å². The first-order valence-electron chi connectivity index (χ1n) is 6.83. The van der Waals surface area contributed by atoms with Gasteiger partial charge in [0.2, 0.25) is 5.89 Å². The largest absolute Gasteiger partial charge is 0.338 e. The second-order valence-corrected chi connectivity index (χ2v) is 5.14. The van der Waals surface area contributed by atoms with E-state index in [4.69, 9.17) is 10.3 Å². The van der Waals surface area contributed by atoms with Gasteiger partial charge in [-0.05, 0) is 25.2 Å². The zero-order valence-corrected chi connectivity index (χ0v) is 10.9. The van der Waals surface area contributed by atoms with E-state index in [9.17, 15) is 0 Å². The lowest BCUT2D eigenvalue weighted by atomic mass is 9.80. The SMILES string of the molecule is CCC1CCCC(c2noc([C@H](N)CC)n2)C1. The predicted octanol–water partition coefficient (Wildman–Crippen LogP) is 3.16. The highest BCUT2D eigenvalue weighted by molar-refractivity contribution is 5.00. The van der Waals surface area contributed by atoms with Crippen LogP contribution in [0.25, 0.3) is 0 Å². The van der Waals surface area contributed by atoms with E-state index in [1.807, 2.05) is 6.92 Å². The maximum atomic E-state index is 5.89. The Labute approximate surface area is 103 Å². The molecule has 0 radical (unpaired) electrons. The highest BCUT2D eigenvalue weighted by Crippen LogP contribution is 2.36. The fraction of sp³-hybridized carbons (Fsp3) is 0.846. The molecule has 2 unspecified atom stereocenters. The minimum absolute atomic E-state index is 0.109. The van der Waals surface area contributed by atoms with Gasteiger partial charge in [-0.15, -0.1) is 0 Å². The summed E-state index contributed by atoms with van der Waals surface area (Å²) in [5.74, 6) is 2.79. The van der Waals surface area contributed by atoms with Crippen LogP contribution in [-0.4, -0.2) is 10.1 Å². The maximum absolute atomic E-state index is 5.89. The summed E-state index contributed by atoms with van der Waals surface area (Å²) < 4.78 is 5.25. The van der Waals surface area contributed by atoms with Crippen molar-refractivity contribution in [3.8, 4) is 0 Å². The quantitative estimate of drug-likeness (QED) is 0.873. The van der Waals surface area contributed by atoms with Crippen LogP contribution in [0.15, 0.2) is 4.52 Å². The molecule has 0 aromatic carbocycles. The van der Waals surface area contributed by atoms with Gasteiger partial charge in [0, 0.05) is 5.92 Å². The molecule has 1 aliphatic rings. The Balaban J connectivity index is 2.04. The van der Waals surface area contributed by atoms with Crippen molar-refractivity contribution in [1.29, 1.82) is 0 Å². The van der Waals surface area contributed by atoms with E-state index in [2.05, 4.69) is 17.1 Å². The number of rotatable bonds is 4. The van der Waals surface area contributed by atoms with Crippen molar-refractivity contribution in [1.82, 2.24) is 10.1 Å². The Hall–Kier alpha value is -0.900. The smallest absolute Gasteiger partial charge is 0.243 e. The lowest BCUT2D eigenvalue weighted by Gasteiger charge is -2.26. The molecule has 1 saturated carbocycles. The number of aromatic nitrogens is 2. The molecule has 1 aromatic rings.